The van der Waals surface area contributed by atoms with Gasteiger partial charge in [0.05, 0.1) is 16.7 Å². The highest BCUT2D eigenvalue weighted by atomic mass is 32.2. The van der Waals surface area contributed by atoms with Crippen LogP contribution < -0.4 is 5.32 Å². The summed E-state index contributed by atoms with van der Waals surface area (Å²) in [6.07, 6.45) is 1.16. The first-order chi connectivity index (χ1) is 14.2. The number of aromatic amines is 1. The molecule has 0 aliphatic heterocycles. The highest BCUT2D eigenvalue weighted by Crippen LogP contribution is 2.36. The zero-order valence-corrected chi connectivity index (χ0v) is 17.5. The lowest BCUT2D eigenvalue weighted by molar-refractivity contribution is 0.601. The fourth-order valence-electron chi connectivity index (χ4n) is 3.41. The van der Waals surface area contributed by atoms with Crippen LogP contribution in [0.2, 0.25) is 0 Å². The van der Waals surface area contributed by atoms with E-state index in [1.807, 2.05) is 13.0 Å². The maximum absolute atomic E-state index is 14.7. The summed E-state index contributed by atoms with van der Waals surface area (Å²) in [5.74, 6) is 0.930. The van der Waals surface area contributed by atoms with Gasteiger partial charge in [0.1, 0.15) is 17.5 Å². The predicted octanol–water partition coefficient (Wildman–Crippen LogP) is 4.06. The van der Waals surface area contributed by atoms with Gasteiger partial charge < -0.3 is 5.32 Å². The summed E-state index contributed by atoms with van der Waals surface area (Å²) in [4.78, 5) is 9.00. The van der Waals surface area contributed by atoms with Crippen molar-refractivity contribution in [1.82, 2.24) is 20.2 Å². The highest BCUT2D eigenvalue weighted by Gasteiger charge is 2.18. The number of benzene rings is 2. The van der Waals surface area contributed by atoms with Crippen molar-refractivity contribution in [2.24, 2.45) is 0 Å². The van der Waals surface area contributed by atoms with Gasteiger partial charge in [-0.15, -0.1) is 0 Å². The molecule has 0 aliphatic carbocycles. The Morgan fingerprint density at radius 2 is 1.83 bits per heavy atom. The largest absolute Gasteiger partial charge is 0.323 e. The van der Waals surface area contributed by atoms with Crippen LogP contribution in [0.4, 0.5) is 16.0 Å². The molecule has 0 saturated carbocycles. The molecule has 0 radical (unpaired) electrons. The third kappa shape index (κ3) is 4.16. The topological polar surface area (TPSA) is 101 Å². The molecule has 7 nitrogen and oxygen atoms in total. The number of H-pyrrole nitrogens is 1. The van der Waals surface area contributed by atoms with Crippen LogP contribution in [0.3, 0.4) is 0 Å². The third-order valence-electron chi connectivity index (χ3n) is 4.52. The molecular weight excluding hydrogens is 405 g/mol. The van der Waals surface area contributed by atoms with Gasteiger partial charge in [-0.25, -0.2) is 22.8 Å². The number of anilines is 2. The molecule has 0 fully saturated rings. The summed E-state index contributed by atoms with van der Waals surface area (Å²) >= 11 is 0. The first-order valence-electron chi connectivity index (χ1n) is 9.22. The first kappa shape index (κ1) is 20.0. The molecule has 2 aromatic carbocycles. The molecule has 4 rings (SSSR count). The molecule has 2 heterocycles. The van der Waals surface area contributed by atoms with Gasteiger partial charge in [-0.1, -0.05) is 18.2 Å². The summed E-state index contributed by atoms with van der Waals surface area (Å²) in [6, 6.07) is 11.6. The molecule has 0 spiro atoms. The van der Waals surface area contributed by atoms with Gasteiger partial charge >= 0.3 is 0 Å². The van der Waals surface area contributed by atoms with E-state index < -0.39 is 15.7 Å². The van der Waals surface area contributed by atoms with Crippen molar-refractivity contribution in [2.75, 3.05) is 11.6 Å². The fourth-order valence-corrected chi connectivity index (χ4v) is 4.18. The molecule has 0 atom stereocenters. The Bertz CT molecular complexity index is 1370. The van der Waals surface area contributed by atoms with E-state index in [2.05, 4.69) is 25.5 Å². The molecule has 154 valence electrons. The number of halogens is 1. The zero-order valence-electron chi connectivity index (χ0n) is 16.7. The van der Waals surface area contributed by atoms with Crippen LogP contribution in [0.5, 0.6) is 0 Å². The fraction of sp³-hybridized carbons (Fsp3) is 0.190. The number of nitrogens with zero attached hydrogens (tertiary/aromatic N) is 3. The number of hydrogen-bond acceptors (Lipinski definition) is 6. The lowest BCUT2D eigenvalue weighted by Crippen LogP contribution is -2.04. The maximum atomic E-state index is 14.7. The molecule has 2 N–H and O–H groups in total. The van der Waals surface area contributed by atoms with Crippen LogP contribution in [-0.2, 0) is 15.6 Å². The summed E-state index contributed by atoms with van der Waals surface area (Å²) in [6.45, 7) is 3.62. The summed E-state index contributed by atoms with van der Waals surface area (Å²) < 4.78 is 38.5. The number of hydrogen-bond donors (Lipinski definition) is 2. The average molecular weight is 425 g/mol. The molecule has 0 amide bonds. The zero-order chi connectivity index (χ0) is 21.5. The number of rotatable bonds is 5. The minimum atomic E-state index is -3.29. The third-order valence-corrected chi connectivity index (χ3v) is 5.37. The smallest absolute Gasteiger partial charge is 0.153 e. The number of aryl methyl sites for hydroxylation is 2. The van der Waals surface area contributed by atoms with Crippen molar-refractivity contribution >= 4 is 32.4 Å². The molecule has 0 aliphatic rings. The lowest BCUT2D eigenvalue weighted by Gasteiger charge is -2.15. The minimum Gasteiger partial charge on any atom is -0.323 e. The molecule has 0 unspecified atom stereocenters. The van der Waals surface area contributed by atoms with Gasteiger partial charge in [-0.05, 0) is 43.2 Å². The Balaban J connectivity index is 2.02. The molecule has 2 aromatic heterocycles. The van der Waals surface area contributed by atoms with Crippen molar-refractivity contribution in [1.29, 1.82) is 0 Å². The van der Waals surface area contributed by atoms with E-state index in [9.17, 15) is 12.8 Å². The maximum Gasteiger partial charge on any atom is 0.153 e. The Hall–Kier alpha value is -3.33. The standard InChI is InChI=1S/C21H20FN5O2S/c1-12-8-19(27-26-12)25-21-20-16(15-6-4-5-7-17(15)22)9-14(11-30(3,28)29)10-18(20)23-13(2)24-21/h4-10H,11H2,1-3H3,(H2,23,24,25,26,27). The van der Waals surface area contributed by atoms with Crippen LogP contribution in [0.15, 0.2) is 42.5 Å². The number of nitrogens with one attached hydrogen (secondary N) is 2. The van der Waals surface area contributed by atoms with Gasteiger partial charge in [-0.2, -0.15) is 5.10 Å². The minimum absolute atomic E-state index is 0.172. The average Bonchev–Trinajstić information content (AvgIpc) is 3.04. The van der Waals surface area contributed by atoms with E-state index in [1.165, 1.54) is 6.07 Å². The normalized spacial score (nSPS) is 11.7. The van der Waals surface area contributed by atoms with E-state index in [0.717, 1.165) is 11.9 Å². The molecular formula is C21H20FN5O2S. The number of aromatic nitrogens is 4. The van der Waals surface area contributed by atoms with Crippen LogP contribution in [0.25, 0.3) is 22.0 Å². The van der Waals surface area contributed by atoms with Gasteiger partial charge in [0.25, 0.3) is 0 Å². The van der Waals surface area contributed by atoms with Gasteiger partial charge in [-0.3, -0.25) is 5.10 Å². The highest BCUT2D eigenvalue weighted by molar-refractivity contribution is 7.89. The summed E-state index contributed by atoms with van der Waals surface area (Å²) in [7, 11) is -3.29. The molecule has 4 aromatic rings. The SMILES string of the molecule is Cc1nc(Nc2cc(C)[nH]n2)c2c(-c3ccccc3F)cc(CS(C)(=O)=O)cc2n1. The molecule has 0 saturated heterocycles. The quantitative estimate of drug-likeness (QED) is 0.500. The second kappa shape index (κ2) is 7.49. The second-order valence-electron chi connectivity index (χ2n) is 7.27. The Morgan fingerprint density at radius 1 is 1.07 bits per heavy atom. The number of sulfone groups is 1. The Morgan fingerprint density at radius 3 is 2.50 bits per heavy atom. The van der Waals surface area contributed by atoms with E-state index in [4.69, 9.17) is 0 Å². The van der Waals surface area contributed by atoms with Gasteiger partial charge in [0.2, 0.25) is 0 Å². The first-order valence-corrected chi connectivity index (χ1v) is 11.3. The summed E-state index contributed by atoms with van der Waals surface area (Å²) in [5, 5.41) is 10.8. The van der Waals surface area contributed by atoms with Crippen LogP contribution >= 0.6 is 0 Å². The predicted molar refractivity (Wildman–Crippen MR) is 115 cm³/mol. The number of fused-ring (bicyclic) bond motifs is 1. The van der Waals surface area contributed by atoms with Crippen molar-refractivity contribution in [2.45, 2.75) is 19.6 Å². The van der Waals surface area contributed by atoms with Crippen LogP contribution in [-0.4, -0.2) is 34.8 Å². The second-order valence-corrected chi connectivity index (χ2v) is 9.41. The monoisotopic (exact) mass is 425 g/mol. The van der Waals surface area contributed by atoms with E-state index in [1.54, 1.807) is 37.3 Å². The van der Waals surface area contributed by atoms with Gasteiger partial charge in [0.15, 0.2) is 15.7 Å². The van der Waals surface area contributed by atoms with E-state index in [-0.39, 0.29) is 5.75 Å². The van der Waals surface area contributed by atoms with Crippen molar-refractivity contribution in [3.63, 3.8) is 0 Å². The van der Waals surface area contributed by atoms with Gasteiger partial charge in [0, 0.05) is 23.6 Å². The van der Waals surface area contributed by atoms with Crippen LogP contribution in [0, 0.1) is 19.7 Å². The van der Waals surface area contributed by atoms with E-state index in [0.29, 0.717) is 45.1 Å². The molecule has 30 heavy (non-hydrogen) atoms. The van der Waals surface area contributed by atoms with Crippen LogP contribution in [0.1, 0.15) is 17.1 Å². The molecule has 9 heteroatoms. The molecule has 0 bridgehead atoms. The van der Waals surface area contributed by atoms with E-state index >= 15 is 0 Å². The Kier molecular flexibility index (Phi) is 4.98. The van der Waals surface area contributed by atoms with Crippen molar-refractivity contribution in [3.05, 3.63) is 65.4 Å². The van der Waals surface area contributed by atoms with Crippen molar-refractivity contribution < 1.29 is 12.8 Å². The van der Waals surface area contributed by atoms with Crippen molar-refractivity contribution in [3.8, 4) is 11.1 Å². The lowest BCUT2D eigenvalue weighted by atomic mass is 9.98. The Labute approximate surface area is 173 Å². The summed E-state index contributed by atoms with van der Waals surface area (Å²) in [5.41, 5.74) is 2.78.